The van der Waals surface area contributed by atoms with Gasteiger partial charge in [-0.3, -0.25) is 4.79 Å². The number of amides is 1. The quantitative estimate of drug-likeness (QED) is 0.635. The number of sulfonamides is 1. The van der Waals surface area contributed by atoms with Gasteiger partial charge in [-0.15, -0.1) is 11.3 Å². The molecule has 3 aromatic rings. The monoisotopic (exact) mass is 420 g/mol. The highest BCUT2D eigenvalue weighted by Crippen LogP contribution is 2.37. The molecule has 1 amide bonds. The number of halogens is 1. The highest BCUT2D eigenvalue weighted by atomic mass is 32.2. The van der Waals surface area contributed by atoms with E-state index in [0.29, 0.717) is 10.6 Å². The predicted molar refractivity (Wildman–Crippen MR) is 102 cm³/mol. The van der Waals surface area contributed by atoms with Gasteiger partial charge in [0, 0.05) is 25.0 Å². The summed E-state index contributed by atoms with van der Waals surface area (Å²) in [5, 5.41) is 4.42. The fourth-order valence-corrected chi connectivity index (χ4v) is 6.08. The van der Waals surface area contributed by atoms with Crippen molar-refractivity contribution in [2.24, 2.45) is 5.73 Å². The number of carbonyl (C=O) groups excluding carboxylic acids is 1. The third-order valence-electron chi connectivity index (χ3n) is 4.44. The number of aromatic nitrogens is 2. The van der Waals surface area contributed by atoms with Gasteiger partial charge in [0.25, 0.3) is 15.9 Å². The third kappa shape index (κ3) is 3.58. The maximum atomic E-state index is 13.3. The van der Waals surface area contributed by atoms with Gasteiger partial charge in [0.05, 0.1) is 5.56 Å². The first kappa shape index (κ1) is 18.8. The number of carbonyl (C=O) groups is 1. The number of thiophene rings is 1. The molecular weight excluding hydrogens is 403 g/mol. The Kier molecular flexibility index (Phi) is 4.77. The summed E-state index contributed by atoms with van der Waals surface area (Å²) in [6, 6.07) is 8.61. The van der Waals surface area contributed by atoms with E-state index in [1.54, 1.807) is 24.4 Å². The van der Waals surface area contributed by atoms with Gasteiger partial charge in [-0.2, -0.15) is 9.40 Å². The molecule has 1 aromatic carbocycles. The standard InChI is InChI=1S/C18H17FN4O3S2/c19-13-4-2-12(3-5-13)11-23(14-6-7-14)28(25,26)16-10-15(17(20)24)18(27-16)22-9-1-8-21-22/h1-5,8-10,14H,6-7,11H2,(H2,20,24). The lowest BCUT2D eigenvalue weighted by molar-refractivity contribution is 0.100. The molecular formula is C18H17FN4O3S2. The maximum Gasteiger partial charge on any atom is 0.253 e. The summed E-state index contributed by atoms with van der Waals surface area (Å²) in [6.07, 6.45) is 4.68. The number of rotatable bonds is 7. The van der Waals surface area contributed by atoms with Crippen LogP contribution in [0.15, 0.2) is 53.0 Å². The van der Waals surface area contributed by atoms with Crippen LogP contribution >= 0.6 is 11.3 Å². The minimum Gasteiger partial charge on any atom is -0.366 e. The van der Waals surface area contributed by atoms with Crippen LogP contribution in [0.4, 0.5) is 4.39 Å². The Balaban J connectivity index is 1.72. The summed E-state index contributed by atoms with van der Waals surface area (Å²) >= 11 is 0.949. The molecule has 0 bridgehead atoms. The Morgan fingerprint density at radius 1 is 1.32 bits per heavy atom. The van der Waals surface area contributed by atoms with E-state index in [2.05, 4.69) is 5.10 Å². The van der Waals surface area contributed by atoms with Gasteiger partial charge in [-0.1, -0.05) is 12.1 Å². The van der Waals surface area contributed by atoms with E-state index in [4.69, 9.17) is 5.73 Å². The first-order chi connectivity index (χ1) is 13.4. The van der Waals surface area contributed by atoms with Crippen molar-refractivity contribution in [1.82, 2.24) is 14.1 Å². The number of primary amides is 1. The first-order valence-corrected chi connectivity index (χ1v) is 10.8. The molecule has 0 spiro atoms. The van der Waals surface area contributed by atoms with E-state index in [1.807, 2.05) is 0 Å². The van der Waals surface area contributed by atoms with Crippen molar-refractivity contribution < 1.29 is 17.6 Å². The number of nitrogens with two attached hydrogens (primary N) is 1. The highest BCUT2D eigenvalue weighted by molar-refractivity contribution is 7.91. The van der Waals surface area contributed by atoms with Gasteiger partial charge >= 0.3 is 0 Å². The second-order valence-electron chi connectivity index (χ2n) is 6.51. The lowest BCUT2D eigenvalue weighted by atomic mass is 10.2. The molecule has 2 aromatic heterocycles. The second-order valence-corrected chi connectivity index (χ2v) is 9.66. The van der Waals surface area contributed by atoms with Crippen molar-refractivity contribution in [3.8, 4) is 5.00 Å². The van der Waals surface area contributed by atoms with E-state index in [-0.39, 0.29) is 28.2 Å². The third-order valence-corrected chi connectivity index (χ3v) is 7.91. The van der Waals surface area contributed by atoms with Gasteiger partial charge < -0.3 is 5.73 Å². The van der Waals surface area contributed by atoms with E-state index >= 15 is 0 Å². The number of hydrogen-bond donors (Lipinski definition) is 1. The maximum absolute atomic E-state index is 13.3. The van der Waals surface area contributed by atoms with E-state index in [1.165, 1.54) is 33.4 Å². The van der Waals surface area contributed by atoms with Gasteiger partial charge in [0.1, 0.15) is 15.0 Å². The van der Waals surface area contributed by atoms with Crippen LogP contribution in [0.25, 0.3) is 5.00 Å². The normalized spacial score (nSPS) is 14.5. The molecule has 146 valence electrons. The van der Waals surface area contributed by atoms with Crippen LogP contribution in [0.5, 0.6) is 0 Å². The molecule has 2 N–H and O–H groups in total. The smallest absolute Gasteiger partial charge is 0.253 e. The van der Waals surface area contributed by atoms with Gasteiger partial charge in [0.2, 0.25) is 0 Å². The van der Waals surface area contributed by atoms with E-state index < -0.39 is 15.9 Å². The minimum atomic E-state index is -3.86. The molecule has 0 aliphatic heterocycles. The zero-order chi connectivity index (χ0) is 19.9. The van der Waals surface area contributed by atoms with Crippen molar-refractivity contribution in [2.45, 2.75) is 29.6 Å². The van der Waals surface area contributed by atoms with Crippen molar-refractivity contribution in [1.29, 1.82) is 0 Å². The van der Waals surface area contributed by atoms with Crippen LogP contribution in [0, 0.1) is 5.82 Å². The number of benzene rings is 1. The molecule has 7 nitrogen and oxygen atoms in total. The largest absolute Gasteiger partial charge is 0.366 e. The van der Waals surface area contributed by atoms with Crippen LogP contribution in [0.1, 0.15) is 28.8 Å². The molecule has 1 saturated carbocycles. The van der Waals surface area contributed by atoms with Crippen molar-refractivity contribution in [3.63, 3.8) is 0 Å². The summed E-state index contributed by atoms with van der Waals surface area (Å²) in [5.41, 5.74) is 6.24. The molecule has 4 rings (SSSR count). The number of nitrogens with zero attached hydrogens (tertiary/aromatic N) is 3. The molecule has 10 heteroatoms. The molecule has 0 saturated heterocycles. The average Bonchev–Trinajstić information content (AvgIpc) is 3.16. The van der Waals surface area contributed by atoms with Gasteiger partial charge in [-0.05, 0) is 42.7 Å². The predicted octanol–water partition coefficient (Wildman–Crippen LogP) is 2.53. The van der Waals surface area contributed by atoms with Crippen LogP contribution < -0.4 is 5.73 Å². The first-order valence-electron chi connectivity index (χ1n) is 8.56. The summed E-state index contributed by atoms with van der Waals surface area (Å²) in [5.74, 6) is -1.10. The summed E-state index contributed by atoms with van der Waals surface area (Å²) < 4.78 is 42.7. The lowest BCUT2D eigenvalue weighted by Crippen LogP contribution is -2.32. The Morgan fingerprint density at radius 3 is 2.61 bits per heavy atom. The van der Waals surface area contributed by atoms with Crippen LogP contribution in [0.3, 0.4) is 0 Å². The average molecular weight is 420 g/mol. The Bertz CT molecular complexity index is 1100. The highest BCUT2D eigenvalue weighted by Gasteiger charge is 2.39. The van der Waals surface area contributed by atoms with E-state index in [9.17, 15) is 17.6 Å². The molecule has 0 atom stereocenters. The zero-order valence-corrected chi connectivity index (χ0v) is 16.3. The topological polar surface area (TPSA) is 98.3 Å². The van der Waals surface area contributed by atoms with Crippen molar-refractivity contribution in [2.75, 3.05) is 0 Å². The Morgan fingerprint density at radius 2 is 2.04 bits per heavy atom. The molecule has 0 unspecified atom stereocenters. The van der Waals surface area contributed by atoms with Crippen molar-refractivity contribution in [3.05, 3.63) is 65.7 Å². The summed E-state index contributed by atoms with van der Waals surface area (Å²) in [6.45, 7) is 0.133. The molecule has 1 fully saturated rings. The molecule has 2 heterocycles. The zero-order valence-electron chi connectivity index (χ0n) is 14.7. The molecule has 28 heavy (non-hydrogen) atoms. The minimum absolute atomic E-state index is 0.0285. The van der Waals surface area contributed by atoms with Crippen LogP contribution in [-0.2, 0) is 16.6 Å². The fraction of sp³-hybridized carbons (Fsp3) is 0.222. The SMILES string of the molecule is NC(=O)c1cc(S(=O)(=O)N(Cc2ccc(F)cc2)C2CC2)sc1-n1cccn1. The second kappa shape index (κ2) is 7.12. The Labute approximate surface area is 165 Å². The van der Waals surface area contributed by atoms with Crippen LogP contribution in [0.2, 0.25) is 0 Å². The Hall–Kier alpha value is -2.56. The lowest BCUT2D eigenvalue weighted by Gasteiger charge is -2.21. The van der Waals surface area contributed by atoms with Crippen molar-refractivity contribution >= 4 is 27.3 Å². The fourth-order valence-electron chi connectivity index (χ4n) is 2.88. The molecule has 0 radical (unpaired) electrons. The molecule has 1 aliphatic rings. The number of hydrogen-bond acceptors (Lipinski definition) is 5. The molecule has 1 aliphatic carbocycles. The van der Waals surface area contributed by atoms with E-state index in [0.717, 1.165) is 24.2 Å². The summed E-state index contributed by atoms with van der Waals surface area (Å²) in [4.78, 5) is 11.8. The van der Waals surface area contributed by atoms with Gasteiger partial charge in [0.15, 0.2) is 0 Å². The van der Waals surface area contributed by atoms with Gasteiger partial charge in [-0.25, -0.2) is 17.5 Å². The van der Waals surface area contributed by atoms with Crippen LogP contribution in [-0.4, -0.2) is 34.5 Å². The summed E-state index contributed by atoms with van der Waals surface area (Å²) in [7, 11) is -3.86.